The van der Waals surface area contributed by atoms with Crippen molar-refractivity contribution in [1.82, 2.24) is 10.1 Å². The summed E-state index contributed by atoms with van der Waals surface area (Å²) in [7, 11) is 0. The summed E-state index contributed by atoms with van der Waals surface area (Å²) >= 11 is 0. The van der Waals surface area contributed by atoms with Crippen LogP contribution in [0, 0.1) is 0 Å². The second kappa shape index (κ2) is 5.97. The highest BCUT2D eigenvalue weighted by molar-refractivity contribution is 5.28. The van der Waals surface area contributed by atoms with E-state index in [0.29, 0.717) is 18.3 Å². The van der Waals surface area contributed by atoms with E-state index in [2.05, 4.69) is 22.0 Å². The first-order valence-electron chi connectivity index (χ1n) is 6.20. The largest absolute Gasteiger partial charge is 0.378 e. The molecule has 2 heterocycles. The van der Waals surface area contributed by atoms with Crippen LogP contribution in [0.3, 0.4) is 0 Å². The lowest BCUT2D eigenvalue weighted by atomic mass is 10.1. The van der Waals surface area contributed by atoms with Gasteiger partial charge in [-0.2, -0.15) is 4.98 Å². The molecule has 1 atom stereocenters. The molecule has 2 rings (SSSR count). The molecule has 2 N–H and O–H groups in total. The van der Waals surface area contributed by atoms with Gasteiger partial charge in [0.1, 0.15) is 0 Å². The van der Waals surface area contributed by atoms with Crippen molar-refractivity contribution in [3.63, 3.8) is 0 Å². The standard InChI is InChI=1S/C11H20N4O2/c1-2-3-9(12)8-10-13-11(14-17-10)15-4-6-16-7-5-15/h9H,2-8,12H2,1H3. The molecular formula is C11H20N4O2. The molecule has 0 aromatic carbocycles. The van der Waals surface area contributed by atoms with E-state index in [1.165, 1.54) is 0 Å². The van der Waals surface area contributed by atoms with Gasteiger partial charge < -0.3 is 19.9 Å². The third-order valence-corrected chi connectivity index (χ3v) is 2.85. The zero-order valence-electron chi connectivity index (χ0n) is 10.3. The van der Waals surface area contributed by atoms with Crippen molar-refractivity contribution in [1.29, 1.82) is 0 Å². The molecule has 6 nitrogen and oxygen atoms in total. The van der Waals surface area contributed by atoms with E-state index in [4.69, 9.17) is 15.0 Å². The topological polar surface area (TPSA) is 77.4 Å². The first-order valence-corrected chi connectivity index (χ1v) is 6.20. The van der Waals surface area contributed by atoms with E-state index in [0.717, 1.165) is 39.1 Å². The highest BCUT2D eigenvalue weighted by atomic mass is 16.5. The Morgan fingerprint density at radius 1 is 1.41 bits per heavy atom. The van der Waals surface area contributed by atoms with Crippen LogP contribution in [0.5, 0.6) is 0 Å². The SMILES string of the molecule is CCCC(N)Cc1nc(N2CCOCC2)no1. The number of anilines is 1. The minimum Gasteiger partial charge on any atom is -0.378 e. The molecule has 1 aliphatic rings. The molecule has 0 radical (unpaired) electrons. The molecule has 1 saturated heterocycles. The number of hydrogen-bond donors (Lipinski definition) is 1. The number of ether oxygens (including phenoxy) is 1. The fraction of sp³-hybridized carbons (Fsp3) is 0.818. The Morgan fingerprint density at radius 2 is 2.18 bits per heavy atom. The average molecular weight is 240 g/mol. The summed E-state index contributed by atoms with van der Waals surface area (Å²) in [6, 6.07) is 0.109. The minimum absolute atomic E-state index is 0.109. The molecule has 0 aliphatic carbocycles. The Labute approximate surface area is 101 Å². The van der Waals surface area contributed by atoms with Crippen LogP contribution in [-0.4, -0.2) is 42.5 Å². The second-order valence-electron chi connectivity index (χ2n) is 4.34. The van der Waals surface area contributed by atoms with Gasteiger partial charge in [0.2, 0.25) is 5.89 Å². The Balaban J connectivity index is 1.90. The van der Waals surface area contributed by atoms with Crippen LogP contribution in [0.15, 0.2) is 4.52 Å². The number of nitrogens with two attached hydrogens (primary N) is 1. The summed E-state index contributed by atoms with van der Waals surface area (Å²) in [5, 5.41) is 3.98. The van der Waals surface area contributed by atoms with Crippen LogP contribution in [0.1, 0.15) is 25.7 Å². The molecule has 0 spiro atoms. The predicted octanol–water partition coefficient (Wildman–Crippen LogP) is 0.576. The smallest absolute Gasteiger partial charge is 0.266 e. The molecule has 1 unspecified atom stereocenters. The van der Waals surface area contributed by atoms with Crippen molar-refractivity contribution in [2.45, 2.75) is 32.2 Å². The van der Waals surface area contributed by atoms with Gasteiger partial charge in [0.25, 0.3) is 5.95 Å². The molecule has 6 heteroatoms. The highest BCUT2D eigenvalue weighted by Gasteiger charge is 2.17. The van der Waals surface area contributed by atoms with E-state index in [1.54, 1.807) is 0 Å². The normalized spacial score (nSPS) is 18.4. The lowest BCUT2D eigenvalue weighted by Crippen LogP contribution is -2.36. The van der Waals surface area contributed by atoms with E-state index in [9.17, 15) is 0 Å². The summed E-state index contributed by atoms with van der Waals surface area (Å²) in [5.74, 6) is 1.29. The minimum atomic E-state index is 0.109. The Morgan fingerprint density at radius 3 is 2.88 bits per heavy atom. The van der Waals surface area contributed by atoms with Crippen molar-refractivity contribution in [3.05, 3.63) is 5.89 Å². The fourth-order valence-corrected chi connectivity index (χ4v) is 1.92. The highest BCUT2D eigenvalue weighted by Crippen LogP contribution is 2.12. The number of rotatable bonds is 5. The molecule has 0 amide bonds. The maximum Gasteiger partial charge on any atom is 0.266 e. The number of aromatic nitrogens is 2. The second-order valence-corrected chi connectivity index (χ2v) is 4.34. The number of morpholine rings is 1. The van der Waals surface area contributed by atoms with E-state index >= 15 is 0 Å². The Bertz CT molecular complexity index is 336. The van der Waals surface area contributed by atoms with Gasteiger partial charge in [-0.05, 0) is 11.6 Å². The fourth-order valence-electron chi connectivity index (χ4n) is 1.92. The summed E-state index contributed by atoms with van der Waals surface area (Å²) < 4.78 is 10.5. The van der Waals surface area contributed by atoms with E-state index < -0.39 is 0 Å². The zero-order valence-corrected chi connectivity index (χ0v) is 10.3. The number of nitrogens with zero attached hydrogens (tertiary/aromatic N) is 3. The van der Waals surface area contributed by atoms with E-state index in [1.807, 2.05) is 0 Å². The predicted molar refractivity (Wildman–Crippen MR) is 63.9 cm³/mol. The summed E-state index contributed by atoms with van der Waals surface area (Å²) in [4.78, 5) is 6.44. The van der Waals surface area contributed by atoms with Gasteiger partial charge in [-0.25, -0.2) is 0 Å². The molecule has 0 saturated carbocycles. The monoisotopic (exact) mass is 240 g/mol. The van der Waals surface area contributed by atoms with Crippen LogP contribution >= 0.6 is 0 Å². The molecule has 17 heavy (non-hydrogen) atoms. The van der Waals surface area contributed by atoms with Crippen molar-refractivity contribution in [3.8, 4) is 0 Å². The molecule has 0 bridgehead atoms. The lowest BCUT2D eigenvalue weighted by molar-refractivity contribution is 0.121. The lowest BCUT2D eigenvalue weighted by Gasteiger charge is -2.24. The van der Waals surface area contributed by atoms with Crippen LogP contribution in [0.4, 0.5) is 5.95 Å². The zero-order chi connectivity index (χ0) is 12.1. The quantitative estimate of drug-likeness (QED) is 0.811. The summed E-state index contributed by atoms with van der Waals surface area (Å²) in [5.41, 5.74) is 5.94. The number of hydrogen-bond acceptors (Lipinski definition) is 6. The summed E-state index contributed by atoms with van der Waals surface area (Å²) in [6.45, 7) is 5.20. The van der Waals surface area contributed by atoms with Crippen molar-refractivity contribution >= 4 is 5.95 Å². The molecular weight excluding hydrogens is 220 g/mol. The summed E-state index contributed by atoms with van der Waals surface area (Å²) in [6.07, 6.45) is 2.71. The first kappa shape index (κ1) is 12.3. The van der Waals surface area contributed by atoms with Gasteiger partial charge in [0.05, 0.1) is 13.2 Å². The average Bonchev–Trinajstić information content (AvgIpc) is 2.79. The van der Waals surface area contributed by atoms with Gasteiger partial charge in [-0.1, -0.05) is 13.3 Å². The third-order valence-electron chi connectivity index (χ3n) is 2.85. The van der Waals surface area contributed by atoms with Crippen molar-refractivity contribution < 1.29 is 9.26 Å². The maximum absolute atomic E-state index is 5.94. The van der Waals surface area contributed by atoms with Gasteiger partial charge in [-0.3, -0.25) is 0 Å². The van der Waals surface area contributed by atoms with Crippen LogP contribution < -0.4 is 10.6 Å². The van der Waals surface area contributed by atoms with E-state index in [-0.39, 0.29) is 6.04 Å². The van der Waals surface area contributed by atoms with Gasteiger partial charge in [0, 0.05) is 25.6 Å². The Kier molecular flexibility index (Phi) is 4.33. The van der Waals surface area contributed by atoms with Crippen molar-refractivity contribution in [2.24, 2.45) is 5.73 Å². The van der Waals surface area contributed by atoms with Gasteiger partial charge >= 0.3 is 0 Å². The third kappa shape index (κ3) is 3.41. The molecule has 1 aliphatic heterocycles. The van der Waals surface area contributed by atoms with Crippen LogP contribution in [0.2, 0.25) is 0 Å². The Hall–Kier alpha value is -1.14. The molecule has 1 aromatic rings. The van der Waals surface area contributed by atoms with Crippen molar-refractivity contribution in [2.75, 3.05) is 31.2 Å². The maximum atomic E-state index is 5.94. The first-order chi connectivity index (χ1) is 8.29. The molecule has 1 aromatic heterocycles. The van der Waals surface area contributed by atoms with Crippen LogP contribution in [0.25, 0.3) is 0 Å². The van der Waals surface area contributed by atoms with Gasteiger partial charge in [-0.15, -0.1) is 0 Å². The molecule has 1 fully saturated rings. The van der Waals surface area contributed by atoms with Gasteiger partial charge in [0.15, 0.2) is 0 Å². The molecule has 96 valence electrons. The van der Waals surface area contributed by atoms with Crippen LogP contribution in [-0.2, 0) is 11.2 Å².